The molecule has 0 aliphatic heterocycles. The Bertz CT molecular complexity index is 1010. The minimum Gasteiger partial charge on any atom is -0.200 e. The Morgan fingerprint density at radius 1 is 0.893 bits per heavy atom. The van der Waals surface area contributed by atoms with Crippen LogP contribution in [0, 0.1) is 12.3 Å². The lowest BCUT2D eigenvalue weighted by Crippen LogP contribution is -2.30. The minimum absolute atomic E-state index is 0.387. The van der Waals surface area contributed by atoms with Crippen LogP contribution in [0.4, 0.5) is 0 Å². The maximum Gasteiger partial charge on any atom is 0.212 e. The summed E-state index contributed by atoms with van der Waals surface area (Å²) in [6.07, 6.45) is 6.39. The van der Waals surface area contributed by atoms with Crippen molar-refractivity contribution < 1.29 is 5.94 Å². The van der Waals surface area contributed by atoms with Gasteiger partial charge in [-0.15, -0.1) is 0 Å². The molecule has 3 aromatic rings. The van der Waals surface area contributed by atoms with Crippen LogP contribution in [-0.4, -0.2) is 0 Å². The van der Waals surface area contributed by atoms with Crippen molar-refractivity contribution in [3.63, 3.8) is 0 Å². The highest BCUT2D eigenvalue weighted by Gasteiger charge is 2.27. The molecule has 1 heterocycles. The molecule has 0 atom stereocenters. The number of hydrogen-bond donors (Lipinski definition) is 0. The molecule has 0 saturated heterocycles. The summed E-state index contributed by atoms with van der Waals surface area (Å²) in [5, 5.41) is 0. The summed E-state index contributed by atoms with van der Waals surface area (Å²) in [7, 11) is 2.11. The van der Waals surface area contributed by atoms with E-state index < -0.39 is 5.89 Å². The largest absolute Gasteiger partial charge is 0.212 e. The van der Waals surface area contributed by atoms with E-state index in [4.69, 9.17) is 1.37 Å². The van der Waals surface area contributed by atoms with Crippen molar-refractivity contribution in [1.82, 2.24) is 0 Å². The Balaban J connectivity index is 1.58. The molecule has 144 valence electrons. The first-order valence-electron chi connectivity index (χ1n) is 10.9. The number of aryl methyl sites for hydroxylation is 2. The second-order valence-corrected chi connectivity index (χ2v) is 9.07. The average Bonchev–Trinajstić information content (AvgIpc) is 2.71. The van der Waals surface area contributed by atoms with Crippen molar-refractivity contribution in [3.05, 3.63) is 78.0 Å². The smallest absolute Gasteiger partial charge is 0.200 e. The average molecular weight is 372 g/mol. The molecule has 28 heavy (non-hydrogen) atoms. The third-order valence-electron chi connectivity index (χ3n) is 6.39. The third kappa shape index (κ3) is 3.90. The lowest BCUT2D eigenvalue weighted by atomic mass is 9.71. The van der Waals surface area contributed by atoms with Crippen LogP contribution in [0.5, 0.6) is 0 Å². The maximum atomic E-state index is 8.99. The fourth-order valence-electron chi connectivity index (χ4n) is 4.33. The monoisotopic (exact) mass is 371 g/mol. The number of hydrogen-bond acceptors (Lipinski definition) is 0. The van der Waals surface area contributed by atoms with E-state index >= 15 is 0 Å². The van der Waals surface area contributed by atoms with Crippen LogP contribution in [0.15, 0.2) is 66.9 Å². The standard InChI is InChI=1S/C27H32N/c1-20-7-5-6-8-25(20)26-14-13-24(19-28(26)4)22-11-9-21(10-12-22)23-15-17-27(2,3)18-16-23/h5-14,19,23H,15-18H2,1-4H3/q+1/i23D. The lowest BCUT2D eigenvalue weighted by Gasteiger charge is -2.34. The Labute approximate surface area is 171 Å². The van der Waals surface area contributed by atoms with Gasteiger partial charge in [0.15, 0.2) is 6.20 Å². The zero-order valence-electron chi connectivity index (χ0n) is 18.6. The van der Waals surface area contributed by atoms with E-state index in [9.17, 15) is 0 Å². The molecule has 1 nitrogen and oxygen atoms in total. The van der Waals surface area contributed by atoms with Crippen LogP contribution in [0.2, 0.25) is 0 Å². The molecule has 0 spiro atoms. The molecule has 0 N–H and O–H groups in total. The summed E-state index contributed by atoms with van der Waals surface area (Å²) in [5.41, 5.74) is 7.75. The maximum absolute atomic E-state index is 8.99. The topological polar surface area (TPSA) is 3.88 Å². The van der Waals surface area contributed by atoms with Gasteiger partial charge in [-0.1, -0.05) is 56.3 Å². The van der Waals surface area contributed by atoms with Gasteiger partial charge in [0.05, 0.1) is 0 Å². The number of pyridine rings is 1. The Kier molecular flexibility index (Phi) is 4.76. The highest BCUT2D eigenvalue weighted by molar-refractivity contribution is 5.66. The van der Waals surface area contributed by atoms with Crippen molar-refractivity contribution in [2.45, 2.75) is 52.3 Å². The second-order valence-electron chi connectivity index (χ2n) is 9.07. The first-order valence-corrected chi connectivity index (χ1v) is 10.4. The van der Waals surface area contributed by atoms with Gasteiger partial charge in [0.1, 0.15) is 7.05 Å². The van der Waals surface area contributed by atoms with Gasteiger partial charge in [0.2, 0.25) is 5.69 Å². The van der Waals surface area contributed by atoms with E-state index in [0.717, 1.165) is 31.2 Å². The number of aromatic nitrogens is 1. The first kappa shape index (κ1) is 17.7. The van der Waals surface area contributed by atoms with Crippen LogP contribution < -0.4 is 4.57 Å². The molecular formula is C27H32N+. The first-order chi connectivity index (χ1) is 13.8. The van der Waals surface area contributed by atoms with Gasteiger partial charge < -0.3 is 0 Å². The predicted octanol–water partition coefficient (Wildman–Crippen LogP) is 6.84. The van der Waals surface area contributed by atoms with Gasteiger partial charge in [-0.05, 0) is 72.7 Å². The Morgan fingerprint density at radius 3 is 2.18 bits per heavy atom. The van der Waals surface area contributed by atoms with Crippen molar-refractivity contribution in [3.8, 4) is 22.4 Å². The van der Waals surface area contributed by atoms with Gasteiger partial charge in [0, 0.05) is 18.6 Å². The van der Waals surface area contributed by atoms with E-state index in [1.165, 1.54) is 27.9 Å². The van der Waals surface area contributed by atoms with E-state index in [1.54, 1.807) is 0 Å². The van der Waals surface area contributed by atoms with Crippen LogP contribution in [0.1, 0.15) is 57.9 Å². The fraction of sp³-hybridized carbons (Fsp3) is 0.370. The van der Waals surface area contributed by atoms with E-state index in [1.807, 2.05) is 0 Å². The van der Waals surface area contributed by atoms with Crippen molar-refractivity contribution >= 4 is 0 Å². The molecule has 0 radical (unpaired) electrons. The highest BCUT2D eigenvalue weighted by Crippen LogP contribution is 2.42. The van der Waals surface area contributed by atoms with Crippen molar-refractivity contribution in [1.29, 1.82) is 0 Å². The molecular weight excluding hydrogens is 338 g/mol. The molecule has 0 bridgehead atoms. The van der Waals surface area contributed by atoms with Crippen molar-refractivity contribution in [2.75, 3.05) is 0 Å². The Hall–Kier alpha value is -2.41. The van der Waals surface area contributed by atoms with Gasteiger partial charge in [0.25, 0.3) is 0 Å². The molecule has 1 aromatic heterocycles. The van der Waals surface area contributed by atoms with Crippen molar-refractivity contribution in [2.24, 2.45) is 12.5 Å². The van der Waals surface area contributed by atoms with Gasteiger partial charge in [-0.2, -0.15) is 0 Å². The van der Waals surface area contributed by atoms with E-state index in [-0.39, 0.29) is 0 Å². The Morgan fingerprint density at radius 2 is 1.54 bits per heavy atom. The molecule has 1 aliphatic rings. The molecule has 1 heteroatoms. The van der Waals surface area contributed by atoms with Gasteiger partial charge >= 0.3 is 0 Å². The van der Waals surface area contributed by atoms with Gasteiger partial charge in [-0.25, -0.2) is 4.57 Å². The van der Waals surface area contributed by atoms with Crippen LogP contribution in [0.3, 0.4) is 0 Å². The molecule has 1 saturated carbocycles. The summed E-state index contributed by atoms with van der Waals surface area (Å²) in [4.78, 5) is 0. The normalized spacial score (nSPS) is 18.5. The zero-order chi connectivity index (χ0) is 20.6. The number of benzene rings is 2. The molecule has 0 amide bonds. The molecule has 4 rings (SSSR count). The summed E-state index contributed by atoms with van der Waals surface area (Å²) >= 11 is 0. The highest BCUT2D eigenvalue weighted by atomic mass is 14.9. The molecule has 1 aliphatic carbocycles. The summed E-state index contributed by atoms with van der Waals surface area (Å²) < 4.78 is 11.2. The summed E-state index contributed by atoms with van der Waals surface area (Å²) in [6, 6.07) is 21.7. The van der Waals surface area contributed by atoms with Crippen LogP contribution in [0.25, 0.3) is 22.4 Å². The molecule has 1 fully saturated rings. The quantitative estimate of drug-likeness (QED) is 0.444. The fourth-order valence-corrected chi connectivity index (χ4v) is 4.33. The molecule has 0 unspecified atom stereocenters. The van der Waals surface area contributed by atoms with E-state index in [2.05, 4.69) is 99.2 Å². The minimum atomic E-state index is -0.423. The predicted molar refractivity (Wildman–Crippen MR) is 118 cm³/mol. The van der Waals surface area contributed by atoms with Crippen LogP contribution >= 0.6 is 0 Å². The zero-order valence-corrected chi connectivity index (χ0v) is 17.6. The third-order valence-corrected chi connectivity index (χ3v) is 6.39. The molecule has 2 aromatic carbocycles. The summed E-state index contributed by atoms with van der Waals surface area (Å²) in [6.45, 7) is 6.82. The second kappa shape index (κ2) is 7.54. The van der Waals surface area contributed by atoms with Gasteiger partial charge in [-0.3, -0.25) is 0 Å². The number of rotatable bonds is 3. The van der Waals surface area contributed by atoms with E-state index in [0.29, 0.717) is 5.41 Å². The van der Waals surface area contributed by atoms with Crippen LogP contribution in [-0.2, 0) is 7.05 Å². The SMILES string of the molecule is [2H]C1(c2ccc(-c3ccc(-c4ccccc4C)[n+](C)c3)cc2)CCC(C)(C)CC1. The summed E-state index contributed by atoms with van der Waals surface area (Å²) in [5.74, 6) is -0.423. The lowest BCUT2D eigenvalue weighted by molar-refractivity contribution is -0.659. The number of nitrogens with zero attached hydrogens (tertiary/aromatic N) is 1.